The van der Waals surface area contributed by atoms with E-state index in [4.69, 9.17) is 16.3 Å². The molecule has 2 aromatic rings. The SMILES string of the molecule is CCOc1ccc(C(=O)Nc2ccc(N3CCN(C(=O)CC(C)C)CC3)cc2)cc1Cl. The molecule has 0 aliphatic carbocycles. The molecule has 0 bridgehead atoms. The fourth-order valence-electron chi connectivity index (χ4n) is 3.57. The van der Waals surface area contributed by atoms with Gasteiger partial charge in [0.1, 0.15) is 5.75 Å². The summed E-state index contributed by atoms with van der Waals surface area (Å²) < 4.78 is 5.41. The lowest BCUT2D eigenvalue weighted by atomic mass is 10.1. The number of benzene rings is 2. The summed E-state index contributed by atoms with van der Waals surface area (Å²) >= 11 is 6.18. The van der Waals surface area contributed by atoms with Gasteiger partial charge in [-0.15, -0.1) is 0 Å². The number of piperazine rings is 1. The molecule has 2 aromatic carbocycles. The molecular formula is C24H30ClN3O3. The van der Waals surface area contributed by atoms with Crippen LogP contribution in [0.25, 0.3) is 0 Å². The van der Waals surface area contributed by atoms with Crippen LogP contribution in [0.4, 0.5) is 11.4 Å². The van der Waals surface area contributed by atoms with Gasteiger partial charge in [-0.1, -0.05) is 25.4 Å². The molecule has 1 fully saturated rings. The van der Waals surface area contributed by atoms with Crippen molar-refractivity contribution >= 4 is 34.8 Å². The van der Waals surface area contributed by atoms with E-state index in [0.29, 0.717) is 41.0 Å². The van der Waals surface area contributed by atoms with Crippen LogP contribution in [0.1, 0.15) is 37.6 Å². The Balaban J connectivity index is 1.55. The van der Waals surface area contributed by atoms with Crippen LogP contribution >= 0.6 is 11.6 Å². The summed E-state index contributed by atoms with van der Waals surface area (Å²) in [5.41, 5.74) is 2.27. The topological polar surface area (TPSA) is 61.9 Å². The molecule has 1 heterocycles. The van der Waals surface area contributed by atoms with E-state index >= 15 is 0 Å². The van der Waals surface area contributed by atoms with Gasteiger partial charge in [0, 0.05) is 49.5 Å². The highest BCUT2D eigenvalue weighted by atomic mass is 35.5. The number of amides is 2. The summed E-state index contributed by atoms with van der Waals surface area (Å²) in [6.45, 7) is 9.62. The summed E-state index contributed by atoms with van der Waals surface area (Å²) in [5, 5.41) is 3.31. The number of halogens is 1. The molecule has 2 amide bonds. The molecule has 1 saturated heterocycles. The quantitative estimate of drug-likeness (QED) is 0.674. The molecule has 0 saturated carbocycles. The van der Waals surface area contributed by atoms with Crippen molar-refractivity contribution < 1.29 is 14.3 Å². The van der Waals surface area contributed by atoms with E-state index in [0.717, 1.165) is 31.9 Å². The van der Waals surface area contributed by atoms with Gasteiger partial charge in [0.25, 0.3) is 5.91 Å². The number of carbonyl (C=O) groups is 2. The zero-order chi connectivity index (χ0) is 22.4. The number of nitrogens with zero attached hydrogens (tertiary/aromatic N) is 2. The molecule has 0 radical (unpaired) electrons. The monoisotopic (exact) mass is 443 g/mol. The first-order valence-corrected chi connectivity index (χ1v) is 11.1. The molecule has 31 heavy (non-hydrogen) atoms. The molecule has 166 valence electrons. The number of anilines is 2. The minimum atomic E-state index is -0.227. The van der Waals surface area contributed by atoms with Crippen molar-refractivity contribution in [2.75, 3.05) is 43.0 Å². The van der Waals surface area contributed by atoms with Crippen LogP contribution in [0.5, 0.6) is 5.75 Å². The Morgan fingerprint density at radius 2 is 1.74 bits per heavy atom. The third-order valence-electron chi connectivity index (χ3n) is 5.20. The predicted octanol–water partition coefficient (Wildman–Crippen LogP) is 4.69. The molecule has 3 rings (SSSR count). The van der Waals surface area contributed by atoms with Gasteiger partial charge in [-0.25, -0.2) is 0 Å². The van der Waals surface area contributed by atoms with Gasteiger partial charge in [-0.3, -0.25) is 9.59 Å². The van der Waals surface area contributed by atoms with E-state index in [1.807, 2.05) is 36.1 Å². The van der Waals surface area contributed by atoms with Gasteiger partial charge < -0.3 is 19.9 Å². The van der Waals surface area contributed by atoms with E-state index in [9.17, 15) is 9.59 Å². The second-order valence-corrected chi connectivity index (χ2v) is 8.45. The molecule has 0 unspecified atom stereocenters. The summed E-state index contributed by atoms with van der Waals surface area (Å²) in [4.78, 5) is 29.0. The van der Waals surface area contributed by atoms with Crippen LogP contribution in [0.3, 0.4) is 0 Å². The van der Waals surface area contributed by atoms with E-state index in [2.05, 4.69) is 24.1 Å². The maximum atomic E-state index is 12.5. The maximum absolute atomic E-state index is 12.5. The molecule has 7 heteroatoms. The van der Waals surface area contributed by atoms with Gasteiger partial charge in [-0.2, -0.15) is 0 Å². The predicted molar refractivity (Wildman–Crippen MR) is 125 cm³/mol. The van der Waals surface area contributed by atoms with Crippen LogP contribution < -0.4 is 15.0 Å². The number of rotatable bonds is 7. The molecule has 0 aromatic heterocycles. The normalized spacial score (nSPS) is 14.0. The lowest BCUT2D eigenvalue weighted by molar-refractivity contribution is -0.132. The first kappa shape index (κ1) is 22.9. The largest absolute Gasteiger partial charge is 0.492 e. The number of nitrogens with one attached hydrogen (secondary N) is 1. The van der Waals surface area contributed by atoms with E-state index in [1.165, 1.54) is 0 Å². The first-order valence-electron chi connectivity index (χ1n) is 10.7. The molecular weight excluding hydrogens is 414 g/mol. The van der Waals surface area contributed by atoms with E-state index < -0.39 is 0 Å². The smallest absolute Gasteiger partial charge is 0.255 e. The van der Waals surface area contributed by atoms with E-state index in [1.54, 1.807) is 18.2 Å². The lowest BCUT2D eigenvalue weighted by Gasteiger charge is -2.36. The van der Waals surface area contributed by atoms with Crippen molar-refractivity contribution in [1.29, 1.82) is 0 Å². The fourth-order valence-corrected chi connectivity index (χ4v) is 3.80. The Hall–Kier alpha value is -2.73. The van der Waals surface area contributed by atoms with Gasteiger partial charge >= 0.3 is 0 Å². The van der Waals surface area contributed by atoms with Gasteiger partial charge in [0.05, 0.1) is 11.6 Å². The van der Waals surface area contributed by atoms with Crippen LogP contribution in [-0.4, -0.2) is 49.5 Å². The van der Waals surface area contributed by atoms with Crippen molar-refractivity contribution in [3.63, 3.8) is 0 Å². The fraction of sp³-hybridized carbons (Fsp3) is 0.417. The average Bonchev–Trinajstić information content (AvgIpc) is 2.75. The van der Waals surface area contributed by atoms with Crippen molar-refractivity contribution in [3.05, 3.63) is 53.1 Å². The second-order valence-electron chi connectivity index (χ2n) is 8.05. The Kier molecular flexibility index (Phi) is 7.80. The zero-order valence-corrected chi connectivity index (χ0v) is 19.1. The summed E-state index contributed by atoms with van der Waals surface area (Å²) in [5.74, 6) is 0.958. The molecule has 1 aliphatic rings. The summed E-state index contributed by atoms with van der Waals surface area (Å²) in [6.07, 6.45) is 0.605. The van der Waals surface area contributed by atoms with E-state index in [-0.39, 0.29) is 11.8 Å². The highest BCUT2D eigenvalue weighted by molar-refractivity contribution is 6.32. The summed E-state index contributed by atoms with van der Waals surface area (Å²) in [6, 6.07) is 12.8. The van der Waals surface area contributed by atoms with Crippen LogP contribution in [-0.2, 0) is 4.79 Å². The molecule has 1 aliphatic heterocycles. The standard InChI is InChI=1S/C24H30ClN3O3/c1-4-31-22-10-5-18(16-21(22)25)24(30)26-19-6-8-20(9-7-19)27-11-13-28(14-12-27)23(29)15-17(2)3/h5-10,16-17H,4,11-15H2,1-3H3,(H,26,30). The highest BCUT2D eigenvalue weighted by Gasteiger charge is 2.21. The molecule has 0 atom stereocenters. The van der Waals surface area contributed by atoms with Crippen molar-refractivity contribution in [2.24, 2.45) is 5.92 Å². The summed E-state index contributed by atoms with van der Waals surface area (Å²) in [7, 11) is 0. The van der Waals surface area contributed by atoms with Crippen molar-refractivity contribution in [2.45, 2.75) is 27.2 Å². The first-order chi connectivity index (χ1) is 14.9. The second kappa shape index (κ2) is 10.5. The third kappa shape index (κ3) is 6.14. The van der Waals surface area contributed by atoms with Gasteiger partial charge in [-0.05, 0) is 55.3 Å². The number of ether oxygens (including phenoxy) is 1. The number of hydrogen-bond donors (Lipinski definition) is 1. The Morgan fingerprint density at radius 1 is 1.06 bits per heavy atom. The molecule has 1 N–H and O–H groups in total. The number of carbonyl (C=O) groups excluding carboxylic acids is 2. The van der Waals surface area contributed by atoms with Gasteiger partial charge in [0.15, 0.2) is 0 Å². The minimum Gasteiger partial charge on any atom is -0.492 e. The van der Waals surface area contributed by atoms with Crippen LogP contribution in [0, 0.1) is 5.92 Å². The molecule has 0 spiro atoms. The van der Waals surface area contributed by atoms with Crippen molar-refractivity contribution in [1.82, 2.24) is 4.90 Å². The Bertz CT molecular complexity index is 907. The number of hydrogen-bond acceptors (Lipinski definition) is 4. The third-order valence-corrected chi connectivity index (χ3v) is 5.49. The van der Waals surface area contributed by atoms with Gasteiger partial charge in [0.2, 0.25) is 5.91 Å². The minimum absolute atomic E-state index is 0.227. The van der Waals surface area contributed by atoms with Crippen molar-refractivity contribution in [3.8, 4) is 5.75 Å². The Morgan fingerprint density at radius 3 is 2.32 bits per heavy atom. The van der Waals surface area contributed by atoms with Crippen LogP contribution in [0.15, 0.2) is 42.5 Å². The maximum Gasteiger partial charge on any atom is 0.255 e. The lowest BCUT2D eigenvalue weighted by Crippen LogP contribution is -2.49. The average molecular weight is 444 g/mol. The Labute approximate surface area is 189 Å². The van der Waals surface area contributed by atoms with Crippen LogP contribution in [0.2, 0.25) is 5.02 Å². The highest BCUT2D eigenvalue weighted by Crippen LogP contribution is 2.26. The molecule has 6 nitrogen and oxygen atoms in total. The zero-order valence-electron chi connectivity index (χ0n) is 18.4.